The summed E-state index contributed by atoms with van der Waals surface area (Å²) in [5, 5.41) is 6.92. The third-order valence-electron chi connectivity index (χ3n) is 3.12. The van der Waals surface area contributed by atoms with Gasteiger partial charge in [0.2, 0.25) is 15.9 Å². The molecule has 2 rings (SSSR count). The first-order valence-electron chi connectivity index (χ1n) is 6.19. The van der Waals surface area contributed by atoms with Gasteiger partial charge in [0.05, 0.1) is 17.4 Å². The van der Waals surface area contributed by atoms with Crippen molar-refractivity contribution < 1.29 is 26.7 Å². The molecular weight excluding hydrogens is 306 g/mol. The first kappa shape index (κ1) is 15.8. The van der Waals surface area contributed by atoms with Crippen molar-refractivity contribution in [3.8, 4) is 0 Å². The standard InChI is InChI=1S/C12H14F2N2O4S/c13-9-4-8(21(15,18)19)5-10(14)11(9)16-12(17)7-2-1-3-20-6-7/h4-5,7H,1-3,6H2,(H,16,17)(H2,15,18,19). The maximum atomic E-state index is 13.8. The molecule has 0 aliphatic carbocycles. The van der Waals surface area contributed by atoms with E-state index in [4.69, 9.17) is 9.88 Å². The highest BCUT2D eigenvalue weighted by atomic mass is 32.2. The molecule has 116 valence electrons. The third-order valence-corrected chi connectivity index (χ3v) is 4.02. The highest BCUT2D eigenvalue weighted by Crippen LogP contribution is 2.24. The van der Waals surface area contributed by atoms with Gasteiger partial charge in [-0.15, -0.1) is 0 Å². The van der Waals surface area contributed by atoms with Crippen LogP contribution in [0.15, 0.2) is 17.0 Å². The molecule has 3 N–H and O–H groups in total. The summed E-state index contributed by atoms with van der Waals surface area (Å²) in [6.07, 6.45) is 1.25. The van der Waals surface area contributed by atoms with E-state index in [1.165, 1.54) is 0 Å². The Morgan fingerprint density at radius 3 is 2.43 bits per heavy atom. The molecule has 0 radical (unpaired) electrons. The van der Waals surface area contributed by atoms with Crippen LogP contribution in [0, 0.1) is 17.6 Å². The molecular formula is C12H14F2N2O4S. The molecule has 0 bridgehead atoms. The number of anilines is 1. The Bertz CT molecular complexity index is 634. The van der Waals surface area contributed by atoms with Crippen LogP contribution in [0.3, 0.4) is 0 Å². The van der Waals surface area contributed by atoms with Gasteiger partial charge in [0.1, 0.15) is 5.69 Å². The number of carbonyl (C=O) groups is 1. The van der Waals surface area contributed by atoms with Crippen molar-refractivity contribution in [2.45, 2.75) is 17.7 Å². The molecule has 0 aromatic heterocycles. The van der Waals surface area contributed by atoms with E-state index in [0.29, 0.717) is 31.6 Å². The fourth-order valence-electron chi connectivity index (χ4n) is 2.01. The Morgan fingerprint density at radius 1 is 1.33 bits per heavy atom. The van der Waals surface area contributed by atoms with Gasteiger partial charge in [-0.25, -0.2) is 22.3 Å². The minimum Gasteiger partial charge on any atom is -0.381 e. The number of benzene rings is 1. The van der Waals surface area contributed by atoms with E-state index in [0.717, 1.165) is 0 Å². The lowest BCUT2D eigenvalue weighted by atomic mass is 10.0. The van der Waals surface area contributed by atoms with Crippen LogP contribution in [0.2, 0.25) is 0 Å². The van der Waals surface area contributed by atoms with Crippen LogP contribution in [-0.4, -0.2) is 27.5 Å². The molecule has 21 heavy (non-hydrogen) atoms. The summed E-state index contributed by atoms with van der Waals surface area (Å²) >= 11 is 0. The largest absolute Gasteiger partial charge is 0.381 e. The van der Waals surface area contributed by atoms with Crippen LogP contribution in [0.4, 0.5) is 14.5 Å². The second-order valence-electron chi connectivity index (χ2n) is 4.71. The maximum Gasteiger partial charge on any atom is 0.238 e. The Balaban J connectivity index is 2.22. The van der Waals surface area contributed by atoms with Gasteiger partial charge >= 0.3 is 0 Å². The zero-order valence-corrected chi connectivity index (χ0v) is 11.8. The molecule has 1 aromatic rings. The number of hydrogen-bond acceptors (Lipinski definition) is 4. The van der Waals surface area contributed by atoms with Gasteiger partial charge in [-0.1, -0.05) is 0 Å². The minimum absolute atomic E-state index is 0.185. The summed E-state index contributed by atoms with van der Waals surface area (Å²) in [5.74, 6) is -3.47. The topological polar surface area (TPSA) is 98.5 Å². The molecule has 9 heteroatoms. The quantitative estimate of drug-likeness (QED) is 0.867. The molecule has 1 unspecified atom stereocenters. The molecule has 0 spiro atoms. The van der Waals surface area contributed by atoms with Gasteiger partial charge in [0, 0.05) is 6.61 Å². The van der Waals surface area contributed by atoms with E-state index in [1.807, 2.05) is 0 Å². The van der Waals surface area contributed by atoms with Gasteiger partial charge in [-0.3, -0.25) is 4.79 Å². The Kier molecular flexibility index (Phi) is 4.55. The molecule has 1 aliphatic heterocycles. The Hall–Kier alpha value is -1.58. The number of nitrogens with one attached hydrogen (secondary N) is 1. The normalized spacial score (nSPS) is 19.3. The van der Waals surface area contributed by atoms with Crippen LogP contribution in [0.25, 0.3) is 0 Å². The second kappa shape index (κ2) is 6.04. The van der Waals surface area contributed by atoms with Crippen molar-refractivity contribution in [2.24, 2.45) is 11.1 Å². The molecule has 1 aliphatic rings. The van der Waals surface area contributed by atoms with Crippen molar-refractivity contribution in [3.05, 3.63) is 23.8 Å². The number of amides is 1. The molecule has 1 saturated heterocycles. The molecule has 1 atom stereocenters. The molecule has 1 fully saturated rings. The molecule has 1 heterocycles. The van der Waals surface area contributed by atoms with Gasteiger partial charge in [0.15, 0.2) is 11.6 Å². The van der Waals surface area contributed by atoms with Crippen molar-refractivity contribution in [1.82, 2.24) is 0 Å². The first-order valence-corrected chi connectivity index (χ1v) is 7.74. The van der Waals surface area contributed by atoms with E-state index in [2.05, 4.69) is 5.32 Å². The lowest BCUT2D eigenvalue weighted by Gasteiger charge is -2.21. The summed E-state index contributed by atoms with van der Waals surface area (Å²) in [4.78, 5) is 11.2. The number of primary sulfonamides is 1. The van der Waals surface area contributed by atoms with Crippen LogP contribution in [0.1, 0.15) is 12.8 Å². The van der Waals surface area contributed by atoms with Gasteiger partial charge in [-0.2, -0.15) is 0 Å². The number of halogens is 2. The molecule has 6 nitrogen and oxygen atoms in total. The summed E-state index contributed by atoms with van der Waals surface area (Å²) in [7, 11) is -4.23. The van der Waals surface area contributed by atoms with E-state index in [1.54, 1.807) is 0 Å². The third kappa shape index (κ3) is 3.74. The monoisotopic (exact) mass is 320 g/mol. The number of nitrogens with two attached hydrogens (primary N) is 1. The van der Waals surface area contributed by atoms with Crippen LogP contribution >= 0.6 is 0 Å². The van der Waals surface area contributed by atoms with Crippen molar-refractivity contribution in [3.63, 3.8) is 0 Å². The maximum absolute atomic E-state index is 13.8. The van der Waals surface area contributed by atoms with E-state index < -0.39 is 44.1 Å². The predicted octanol–water partition coefficient (Wildman–Crippen LogP) is 0.977. The average molecular weight is 320 g/mol. The second-order valence-corrected chi connectivity index (χ2v) is 6.27. The smallest absolute Gasteiger partial charge is 0.238 e. The van der Waals surface area contributed by atoms with Crippen molar-refractivity contribution in [2.75, 3.05) is 18.5 Å². The Morgan fingerprint density at radius 2 is 1.95 bits per heavy atom. The fraction of sp³-hybridized carbons (Fsp3) is 0.417. The highest BCUT2D eigenvalue weighted by molar-refractivity contribution is 7.89. The lowest BCUT2D eigenvalue weighted by Crippen LogP contribution is -2.30. The number of hydrogen-bond donors (Lipinski definition) is 2. The number of ether oxygens (including phenoxy) is 1. The zero-order chi connectivity index (χ0) is 15.6. The summed E-state index contributed by atoms with van der Waals surface area (Å²) in [6, 6.07) is 1.12. The predicted molar refractivity (Wildman–Crippen MR) is 69.9 cm³/mol. The van der Waals surface area contributed by atoms with Gasteiger partial charge in [-0.05, 0) is 25.0 Å². The minimum atomic E-state index is -4.23. The van der Waals surface area contributed by atoms with E-state index >= 15 is 0 Å². The van der Waals surface area contributed by atoms with E-state index in [-0.39, 0.29) is 6.61 Å². The van der Waals surface area contributed by atoms with Crippen LogP contribution < -0.4 is 10.5 Å². The van der Waals surface area contributed by atoms with Gasteiger partial charge < -0.3 is 10.1 Å². The number of carbonyl (C=O) groups excluding carboxylic acids is 1. The highest BCUT2D eigenvalue weighted by Gasteiger charge is 2.25. The fourth-order valence-corrected chi connectivity index (χ4v) is 2.54. The first-order chi connectivity index (χ1) is 9.79. The van der Waals surface area contributed by atoms with E-state index in [9.17, 15) is 22.0 Å². The molecule has 1 amide bonds. The molecule has 1 aromatic carbocycles. The van der Waals surface area contributed by atoms with Crippen LogP contribution in [0.5, 0.6) is 0 Å². The van der Waals surface area contributed by atoms with Crippen molar-refractivity contribution in [1.29, 1.82) is 0 Å². The number of sulfonamides is 1. The van der Waals surface area contributed by atoms with Crippen LogP contribution in [-0.2, 0) is 19.6 Å². The summed E-state index contributed by atoms with van der Waals surface area (Å²) in [6.45, 7) is 0.736. The zero-order valence-electron chi connectivity index (χ0n) is 10.9. The Labute approximate surface area is 120 Å². The van der Waals surface area contributed by atoms with Crippen molar-refractivity contribution >= 4 is 21.6 Å². The lowest BCUT2D eigenvalue weighted by molar-refractivity contribution is -0.123. The SMILES string of the molecule is NS(=O)(=O)c1cc(F)c(NC(=O)C2CCCOC2)c(F)c1. The summed E-state index contributed by atoms with van der Waals surface area (Å²) < 4.78 is 54.8. The summed E-state index contributed by atoms with van der Waals surface area (Å²) in [5.41, 5.74) is -0.696. The molecule has 0 saturated carbocycles. The number of rotatable bonds is 3. The van der Waals surface area contributed by atoms with Gasteiger partial charge in [0.25, 0.3) is 0 Å². The average Bonchev–Trinajstić information content (AvgIpc) is 2.42.